The lowest BCUT2D eigenvalue weighted by Gasteiger charge is -1.89. The van der Waals surface area contributed by atoms with Crippen molar-refractivity contribution in [1.29, 1.82) is 0 Å². The Morgan fingerprint density at radius 2 is 1.78 bits per heavy atom. The molecule has 0 aliphatic carbocycles. The second kappa shape index (κ2) is 3.27. The average molecular weight is 248 g/mol. The molecule has 0 spiro atoms. The van der Waals surface area contributed by atoms with Crippen LogP contribution in [0, 0.1) is 3.57 Å². The van der Waals surface area contributed by atoms with Crippen molar-refractivity contribution >= 4 is 40.2 Å². The van der Waals surface area contributed by atoms with Crippen LogP contribution in [0.5, 0.6) is 0 Å². The highest BCUT2D eigenvalue weighted by molar-refractivity contribution is 14.1. The summed E-state index contributed by atoms with van der Waals surface area (Å²) >= 11 is 7.00. The standard InChI is InChI=1S/C7H5IS/c8-7-3-1-6(5-9)2-4-7/h1-5H. The Kier molecular flexibility index (Phi) is 2.60. The van der Waals surface area contributed by atoms with Gasteiger partial charge >= 0.3 is 0 Å². The zero-order valence-corrected chi connectivity index (χ0v) is 7.65. The number of halogens is 1. The van der Waals surface area contributed by atoms with E-state index >= 15 is 0 Å². The Balaban J connectivity index is 3.01. The van der Waals surface area contributed by atoms with Gasteiger partial charge in [0, 0.05) is 8.94 Å². The molecule has 0 N–H and O–H groups in total. The van der Waals surface area contributed by atoms with Crippen LogP contribution >= 0.6 is 34.8 Å². The van der Waals surface area contributed by atoms with Crippen LogP contribution in [0.3, 0.4) is 0 Å². The molecule has 1 aromatic carbocycles. The second-order valence-electron chi connectivity index (χ2n) is 1.67. The predicted molar refractivity (Wildman–Crippen MR) is 51.9 cm³/mol. The van der Waals surface area contributed by atoms with Crippen molar-refractivity contribution in [3.8, 4) is 0 Å². The zero-order chi connectivity index (χ0) is 6.69. The molecule has 0 aromatic heterocycles. The minimum atomic E-state index is 1.10. The molecule has 1 rings (SSSR count). The summed E-state index contributed by atoms with van der Waals surface area (Å²) in [6.45, 7) is 0. The molecule has 46 valence electrons. The highest BCUT2D eigenvalue weighted by Gasteiger charge is 1.84. The van der Waals surface area contributed by atoms with E-state index in [9.17, 15) is 0 Å². The van der Waals surface area contributed by atoms with Crippen molar-refractivity contribution in [2.75, 3.05) is 0 Å². The van der Waals surface area contributed by atoms with E-state index in [1.54, 1.807) is 5.37 Å². The Hall–Kier alpha value is 0.0400. The van der Waals surface area contributed by atoms with Crippen LogP contribution in [-0.2, 0) is 0 Å². The second-order valence-corrected chi connectivity index (χ2v) is 3.15. The fourth-order valence-corrected chi connectivity index (χ4v) is 1.06. The summed E-state index contributed by atoms with van der Waals surface area (Å²) in [5, 5.41) is 1.68. The van der Waals surface area contributed by atoms with Crippen LogP contribution in [-0.4, -0.2) is 5.37 Å². The molecule has 0 fully saturated rings. The van der Waals surface area contributed by atoms with Crippen molar-refractivity contribution in [3.05, 3.63) is 33.4 Å². The molecule has 0 saturated heterocycles. The summed E-state index contributed by atoms with van der Waals surface area (Å²) in [6, 6.07) is 8.10. The molecule has 1 aromatic rings. The minimum Gasteiger partial charge on any atom is -0.0881 e. The van der Waals surface area contributed by atoms with E-state index in [1.807, 2.05) is 24.3 Å². The summed E-state index contributed by atoms with van der Waals surface area (Å²) in [4.78, 5) is 0. The SMILES string of the molecule is S=Cc1ccc(I)cc1. The third-order valence-corrected chi connectivity index (χ3v) is 2.00. The van der Waals surface area contributed by atoms with E-state index in [4.69, 9.17) is 12.2 Å². The normalized spacial score (nSPS) is 9.00. The summed E-state index contributed by atoms with van der Waals surface area (Å²) in [5.41, 5.74) is 1.10. The van der Waals surface area contributed by atoms with Crippen molar-refractivity contribution in [2.45, 2.75) is 0 Å². The molecular weight excluding hydrogens is 243 g/mol. The summed E-state index contributed by atoms with van der Waals surface area (Å²) in [7, 11) is 0. The maximum atomic E-state index is 4.73. The van der Waals surface area contributed by atoms with Crippen LogP contribution in [0.25, 0.3) is 0 Å². The first kappa shape index (κ1) is 7.15. The lowest BCUT2D eigenvalue weighted by atomic mass is 10.2. The van der Waals surface area contributed by atoms with Crippen LogP contribution in [0.4, 0.5) is 0 Å². The number of rotatable bonds is 1. The summed E-state index contributed by atoms with van der Waals surface area (Å²) in [5.74, 6) is 0. The van der Waals surface area contributed by atoms with Crippen LogP contribution in [0.15, 0.2) is 24.3 Å². The fraction of sp³-hybridized carbons (Fsp3) is 0. The van der Waals surface area contributed by atoms with Gasteiger partial charge in [0.15, 0.2) is 0 Å². The summed E-state index contributed by atoms with van der Waals surface area (Å²) < 4.78 is 1.24. The number of benzene rings is 1. The van der Waals surface area contributed by atoms with Crippen molar-refractivity contribution < 1.29 is 0 Å². The van der Waals surface area contributed by atoms with Gasteiger partial charge in [-0.2, -0.15) is 0 Å². The highest BCUT2D eigenvalue weighted by atomic mass is 127. The van der Waals surface area contributed by atoms with Gasteiger partial charge in [0.25, 0.3) is 0 Å². The van der Waals surface area contributed by atoms with Crippen LogP contribution in [0.1, 0.15) is 5.56 Å². The van der Waals surface area contributed by atoms with Gasteiger partial charge in [0.05, 0.1) is 0 Å². The van der Waals surface area contributed by atoms with Crippen LogP contribution < -0.4 is 0 Å². The van der Waals surface area contributed by atoms with E-state index in [2.05, 4.69) is 22.6 Å². The molecule has 0 nitrogen and oxygen atoms in total. The molecule has 9 heavy (non-hydrogen) atoms. The number of hydrogen-bond acceptors (Lipinski definition) is 1. The van der Waals surface area contributed by atoms with E-state index in [1.165, 1.54) is 3.57 Å². The van der Waals surface area contributed by atoms with Gasteiger partial charge < -0.3 is 0 Å². The Bertz CT molecular complexity index is 203. The van der Waals surface area contributed by atoms with E-state index in [0.29, 0.717) is 0 Å². The lowest BCUT2D eigenvalue weighted by Crippen LogP contribution is -1.75. The van der Waals surface area contributed by atoms with Gasteiger partial charge in [-0.1, -0.05) is 24.4 Å². The number of thiocarbonyl (C=S) groups is 1. The Morgan fingerprint density at radius 3 is 2.22 bits per heavy atom. The first-order valence-corrected chi connectivity index (χ1v) is 4.08. The maximum absolute atomic E-state index is 4.73. The van der Waals surface area contributed by atoms with Gasteiger partial charge in [-0.15, -0.1) is 0 Å². The summed E-state index contributed by atoms with van der Waals surface area (Å²) in [6.07, 6.45) is 0. The van der Waals surface area contributed by atoms with Gasteiger partial charge in [-0.25, -0.2) is 0 Å². The topological polar surface area (TPSA) is 0 Å². The first-order chi connectivity index (χ1) is 4.33. The van der Waals surface area contributed by atoms with Crippen molar-refractivity contribution in [3.63, 3.8) is 0 Å². The molecule has 0 aliphatic rings. The molecule has 0 saturated carbocycles. The molecule has 0 heterocycles. The van der Waals surface area contributed by atoms with Crippen molar-refractivity contribution in [2.24, 2.45) is 0 Å². The van der Waals surface area contributed by atoms with Gasteiger partial charge in [-0.3, -0.25) is 0 Å². The van der Waals surface area contributed by atoms with Crippen LogP contribution in [0.2, 0.25) is 0 Å². The molecule has 0 atom stereocenters. The smallest absolute Gasteiger partial charge is 0.0130 e. The van der Waals surface area contributed by atoms with E-state index < -0.39 is 0 Å². The van der Waals surface area contributed by atoms with E-state index in [-0.39, 0.29) is 0 Å². The molecule has 2 heteroatoms. The molecule has 0 bridgehead atoms. The quantitative estimate of drug-likeness (QED) is 0.543. The maximum Gasteiger partial charge on any atom is 0.0130 e. The first-order valence-electron chi connectivity index (χ1n) is 2.53. The zero-order valence-electron chi connectivity index (χ0n) is 4.67. The predicted octanol–water partition coefficient (Wildman–Crippen LogP) is 2.64. The van der Waals surface area contributed by atoms with Gasteiger partial charge in [0.1, 0.15) is 0 Å². The molecular formula is C7H5IS. The molecule has 0 aliphatic heterocycles. The Morgan fingerprint density at radius 1 is 1.22 bits per heavy atom. The third kappa shape index (κ3) is 2.02. The third-order valence-electron chi connectivity index (χ3n) is 1.01. The molecule has 0 unspecified atom stereocenters. The van der Waals surface area contributed by atoms with Crippen molar-refractivity contribution in [1.82, 2.24) is 0 Å². The minimum absolute atomic E-state index is 1.10. The lowest BCUT2D eigenvalue weighted by molar-refractivity contribution is 1.63. The van der Waals surface area contributed by atoms with E-state index in [0.717, 1.165) is 5.56 Å². The largest absolute Gasteiger partial charge is 0.0881 e. The Labute approximate surface area is 73.4 Å². The highest BCUT2D eigenvalue weighted by Crippen LogP contribution is 2.04. The number of hydrogen-bond donors (Lipinski definition) is 0. The van der Waals surface area contributed by atoms with Gasteiger partial charge in [-0.05, 0) is 40.3 Å². The molecule has 0 amide bonds. The van der Waals surface area contributed by atoms with Gasteiger partial charge in [0.2, 0.25) is 0 Å². The average Bonchev–Trinajstić information content (AvgIpc) is 1.90. The monoisotopic (exact) mass is 248 g/mol. The fourth-order valence-electron chi connectivity index (χ4n) is 0.541. The molecule has 0 radical (unpaired) electrons.